The largest absolute Gasteiger partial charge is 0.444 e. The van der Waals surface area contributed by atoms with Gasteiger partial charge in [-0.05, 0) is 27.1 Å². The molecule has 1 aliphatic heterocycles. The Morgan fingerprint density at radius 3 is 3.21 bits per heavy atom. The average Bonchev–Trinajstić information content (AvgIpc) is 2.74. The van der Waals surface area contributed by atoms with Crippen molar-refractivity contribution in [2.75, 3.05) is 27.2 Å². The summed E-state index contributed by atoms with van der Waals surface area (Å²) in [7, 11) is 4.04. The van der Waals surface area contributed by atoms with Crippen molar-refractivity contribution in [2.24, 2.45) is 0 Å². The standard InChI is InChI=1S/C10H17N3O/c1-11-5-9-6-12-10(14-9)8-3-4-13(2)7-8/h6,8,11H,3-5,7H2,1-2H3. The summed E-state index contributed by atoms with van der Waals surface area (Å²) in [5, 5.41) is 3.05. The zero-order valence-electron chi connectivity index (χ0n) is 8.79. The van der Waals surface area contributed by atoms with E-state index in [2.05, 4.69) is 22.2 Å². The molecular formula is C10H17N3O. The summed E-state index contributed by atoms with van der Waals surface area (Å²) in [6, 6.07) is 0. The van der Waals surface area contributed by atoms with Crippen LogP contribution in [0.2, 0.25) is 0 Å². The minimum atomic E-state index is 0.491. The molecule has 78 valence electrons. The highest BCUT2D eigenvalue weighted by atomic mass is 16.4. The number of aromatic nitrogens is 1. The van der Waals surface area contributed by atoms with Gasteiger partial charge in [0.15, 0.2) is 5.89 Å². The second-order valence-corrected chi connectivity index (χ2v) is 3.94. The zero-order chi connectivity index (χ0) is 9.97. The van der Waals surface area contributed by atoms with E-state index in [1.807, 2.05) is 13.2 Å². The smallest absolute Gasteiger partial charge is 0.198 e. The van der Waals surface area contributed by atoms with Gasteiger partial charge in [0.1, 0.15) is 5.76 Å². The van der Waals surface area contributed by atoms with E-state index in [0.717, 1.165) is 37.7 Å². The Balaban J connectivity index is 2.02. The molecule has 0 aromatic carbocycles. The van der Waals surface area contributed by atoms with Crippen LogP contribution in [0.1, 0.15) is 24.0 Å². The van der Waals surface area contributed by atoms with E-state index >= 15 is 0 Å². The summed E-state index contributed by atoms with van der Waals surface area (Å²) >= 11 is 0. The zero-order valence-corrected chi connectivity index (χ0v) is 8.79. The van der Waals surface area contributed by atoms with Crippen molar-refractivity contribution in [3.8, 4) is 0 Å². The fourth-order valence-electron chi connectivity index (χ4n) is 1.90. The van der Waals surface area contributed by atoms with E-state index < -0.39 is 0 Å². The molecule has 1 N–H and O–H groups in total. The van der Waals surface area contributed by atoms with Gasteiger partial charge in [0.25, 0.3) is 0 Å². The van der Waals surface area contributed by atoms with E-state index in [0.29, 0.717) is 5.92 Å². The first-order valence-electron chi connectivity index (χ1n) is 5.07. The van der Waals surface area contributed by atoms with Crippen LogP contribution in [0.5, 0.6) is 0 Å². The lowest BCUT2D eigenvalue weighted by atomic mass is 10.1. The number of nitrogens with one attached hydrogen (secondary N) is 1. The van der Waals surface area contributed by atoms with Gasteiger partial charge in [-0.3, -0.25) is 0 Å². The molecule has 0 bridgehead atoms. The number of hydrogen-bond donors (Lipinski definition) is 1. The van der Waals surface area contributed by atoms with Gasteiger partial charge in [0.2, 0.25) is 0 Å². The number of nitrogens with zero attached hydrogens (tertiary/aromatic N) is 2. The normalized spacial score (nSPS) is 23.1. The van der Waals surface area contributed by atoms with Crippen molar-refractivity contribution in [2.45, 2.75) is 18.9 Å². The summed E-state index contributed by atoms with van der Waals surface area (Å²) in [6.07, 6.45) is 2.99. The van der Waals surface area contributed by atoms with E-state index in [9.17, 15) is 0 Å². The van der Waals surface area contributed by atoms with Gasteiger partial charge in [0, 0.05) is 12.5 Å². The molecule has 0 radical (unpaired) electrons. The minimum Gasteiger partial charge on any atom is -0.444 e. The molecule has 0 amide bonds. The van der Waals surface area contributed by atoms with Crippen LogP contribution in [0.4, 0.5) is 0 Å². The van der Waals surface area contributed by atoms with Gasteiger partial charge >= 0.3 is 0 Å². The van der Waals surface area contributed by atoms with Crippen LogP contribution >= 0.6 is 0 Å². The Hall–Kier alpha value is -0.870. The van der Waals surface area contributed by atoms with Crippen molar-refractivity contribution in [1.29, 1.82) is 0 Å². The van der Waals surface area contributed by atoms with E-state index in [4.69, 9.17) is 4.42 Å². The maximum atomic E-state index is 5.66. The fraction of sp³-hybridized carbons (Fsp3) is 0.700. The maximum Gasteiger partial charge on any atom is 0.198 e. The van der Waals surface area contributed by atoms with Crippen LogP contribution in [0.25, 0.3) is 0 Å². The molecule has 1 fully saturated rings. The summed E-state index contributed by atoms with van der Waals surface area (Å²) in [6.45, 7) is 2.98. The first-order valence-corrected chi connectivity index (χ1v) is 5.07. The lowest BCUT2D eigenvalue weighted by molar-refractivity contribution is 0.381. The van der Waals surface area contributed by atoms with Crippen LogP contribution in [0.3, 0.4) is 0 Å². The molecule has 4 heteroatoms. The minimum absolute atomic E-state index is 0.491. The number of rotatable bonds is 3. The lowest BCUT2D eigenvalue weighted by Crippen LogP contribution is -2.13. The molecule has 1 aromatic rings. The van der Waals surface area contributed by atoms with Gasteiger partial charge < -0.3 is 14.6 Å². The predicted octanol–water partition coefficient (Wildman–Crippen LogP) is 0.813. The molecule has 2 heterocycles. The van der Waals surface area contributed by atoms with Crippen molar-refractivity contribution < 1.29 is 4.42 Å². The van der Waals surface area contributed by atoms with Gasteiger partial charge in [-0.2, -0.15) is 0 Å². The van der Waals surface area contributed by atoms with Crippen molar-refractivity contribution in [3.05, 3.63) is 17.8 Å². The van der Waals surface area contributed by atoms with Crippen LogP contribution in [-0.4, -0.2) is 37.1 Å². The Bertz CT molecular complexity index is 297. The third-order valence-corrected chi connectivity index (χ3v) is 2.66. The van der Waals surface area contributed by atoms with Gasteiger partial charge in [0.05, 0.1) is 12.7 Å². The van der Waals surface area contributed by atoms with Gasteiger partial charge in [-0.15, -0.1) is 0 Å². The summed E-state index contributed by atoms with van der Waals surface area (Å²) in [5.74, 6) is 2.32. The molecule has 0 spiro atoms. The first-order chi connectivity index (χ1) is 6.79. The third-order valence-electron chi connectivity index (χ3n) is 2.66. The van der Waals surface area contributed by atoms with E-state index in [1.54, 1.807) is 0 Å². The maximum absolute atomic E-state index is 5.66. The SMILES string of the molecule is CNCc1cnc(C2CCN(C)C2)o1. The van der Waals surface area contributed by atoms with Crippen LogP contribution < -0.4 is 5.32 Å². The fourth-order valence-corrected chi connectivity index (χ4v) is 1.90. The molecular weight excluding hydrogens is 178 g/mol. The molecule has 2 rings (SSSR count). The van der Waals surface area contributed by atoms with Gasteiger partial charge in [-0.1, -0.05) is 0 Å². The Morgan fingerprint density at radius 1 is 1.71 bits per heavy atom. The van der Waals surface area contributed by atoms with Crippen LogP contribution in [-0.2, 0) is 6.54 Å². The molecule has 4 nitrogen and oxygen atoms in total. The molecule has 14 heavy (non-hydrogen) atoms. The van der Waals surface area contributed by atoms with E-state index in [-0.39, 0.29) is 0 Å². The Kier molecular flexibility index (Phi) is 2.84. The molecule has 1 atom stereocenters. The second-order valence-electron chi connectivity index (χ2n) is 3.94. The second kappa shape index (κ2) is 4.11. The summed E-state index contributed by atoms with van der Waals surface area (Å²) < 4.78 is 5.66. The first kappa shape index (κ1) is 9.68. The van der Waals surface area contributed by atoms with E-state index in [1.165, 1.54) is 0 Å². The molecule has 1 aliphatic rings. The highest BCUT2D eigenvalue weighted by Gasteiger charge is 2.24. The Labute approximate surface area is 84.3 Å². The molecule has 0 saturated carbocycles. The highest BCUT2D eigenvalue weighted by Crippen LogP contribution is 2.25. The molecule has 1 aromatic heterocycles. The van der Waals surface area contributed by atoms with Crippen molar-refractivity contribution in [1.82, 2.24) is 15.2 Å². The number of hydrogen-bond acceptors (Lipinski definition) is 4. The van der Waals surface area contributed by atoms with Crippen LogP contribution in [0.15, 0.2) is 10.6 Å². The molecule has 1 saturated heterocycles. The number of likely N-dealkylation sites (tertiary alicyclic amines) is 1. The number of oxazole rings is 1. The molecule has 1 unspecified atom stereocenters. The quantitative estimate of drug-likeness (QED) is 0.775. The Morgan fingerprint density at radius 2 is 2.57 bits per heavy atom. The van der Waals surface area contributed by atoms with Crippen LogP contribution in [0, 0.1) is 0 Å². The molecule has 0 aliphatic carbocycles. The monoisotopic (exact) mass is 195 g/mol. The summed E-state index contributed by atoms with van der Waals surface area (Å²) in [5.41, 5.74) is 0. The predicted molar refractivity (Wildman–Crippen MR) is 54.1 cm³/mol. The number of likely N-dealkylation sites (N-methyl/N-ethyl adjacent to an activating group) is 1. The van der Waals surface area contributed by atoms with Crippen molar-refractivity contribution >= 4 is 0 Å². The summed E-state index contributed by atoms with van der Waals surface area (Å²) in [4.78, 5) is 6.63. The topological polar surface area (TPSA) is 41.3 Å². The third kappa shape index (κ3) is 1.96. The van der Waals surface area contributed by atoms with Crippen molar-refractivity contribution in [3.63, 3.8) is 0 Å². The lowest BCUT2D eigenvalue weighted by Gasteiger charge is -2.05. The highest BCUT2D eigenvalue weighted by molar-refractivity contribution is 5.01. The average molecular weight is 195 g/mol. The van der Waals surface area contributed by atoms with Gasteiger partial charge in [-0.25, -0.2) is 4.98 Å².